The molecule has 0 atom stereocenters. The van der Waals surface area contributed by atoms with Crippen LogP contribution < -0.4 is 5.32 Å². The van der Waals surface area contributed by atoms with Crippen LogP contribution >= 0.6 is 11.8 Å². The number of hydrogen-bond donors (Lipinski definition) is 1. The maximum Gasteiger partial charge on any atom is 0.0278 e. The molecule has 1 aromatic rings. The van der Waals surface area contributed by atoms with Gasteiger partial charge in [0.1, 0.15) is 0 Å². The summed E-state index contributed by atoms with van der Waals surface area (Å²) >= 11 is 1.90. The molecule has 0 fully saturated rings. The molecule has 0 bridgehead atoms. The van der Waals surface area contributed by atoms with Crippen LogP contribution in [0, 0.1) is 0 Å². The summed E-state index contributed by atoms with van der Waals surface area (Å²) in [5.41, 5.74) is 0. The zero-order chi connectivity index (χ0) is 9.36. The number of pyridine rings is 1. The van der Waals surface area contributed by atoms with Gasteiger partial charge < -0.3 is 5.32 Å². The predicted molar refractivity (Wildman–Crippen MR) is 58.1 cm³/mol. The quantitative estimate of drug-likeness (QED) is 0.557. The molecule has 0 aromatic carbocycles. The van der Waals surface area contributed by atoms with Gasteiger partial charge in [0.05, 0.1) is 0 Å². The average molecular weight is 196 g/mol. The normalized spacial score (nSPS) is 10.2. The van der Waals surface area contributed by atoms with Crippen LogP contribution in [-0.2, 0) is 0 Å². The van der Waals surface area contributed by atoms with Crippen molar-refractivity contribution in [2.45, 2.75) is 17.7 Å². The summed E-state index contributed by atoms with van der Waals surface area (Å²) in [6.07, 6.45) is 6.22. The largest absolute Gasteiger partial charge is 0.320 e. The molecule has 0 spiro atoms. The summed E-state index contributed by atoms with van der Waals surface area (Å²) in [6.45, 7) is 1.12. The third-order valence-corrected chi connectivity index (χ3v) is 2.84. The van der Waals surface area contributed by atoms with Crippen LogP contribution in [0.1, 0.15) is 12.8 Å². The molecule has 2 nitrogen and oxygen atoms in total. The number of aromatic nitrogens is 1. The molecule has 1 heterocycles. The maximum absolute atomic E-state index is 3.98. The van der Waals surface area contributed by atoms with Crippen LogP contribution in [-0.4, -0.2) is 24.3 Å². The third kappa shape index (κ3) is 4.90. The Hall–Kier alpha value is -0.540. The van der Waals surface area contributed by atoms with E-state index in [-0.39, 0.29) is 0 Å². The highest BCUT2D eigenvalue weighted by Crippen LogP contribution is 2.17. The van der Waals surface area contributed by atoms with E-state index in [0.29, 0.717) is 0 Å². The first kappa shape index (κ1) is 10.5. The zero-order valence-corrected chi connectivity index (χ0v) is 8.81. The molecule has 3 heteroatoms. The van der Waals surface area contributed by atoms with Crippen LogP contribution in [0.3, 0.4) is 0 Å². The Morgan fingerprint density at radius 1 is 1.31 bits per heavy atom. The monoisotopic (exact) mass is 196 g/mol. The third-order valence-electron chi connectivity index (χ3n) is 1.74. The molecule has 0 aliphatic carbocycles. The van der Waals surface area contributed by atoms with E-state index in [2.05, 4.69) is 22.4 Å². The van der Waals surface area contributed by atoms with Crippen molar-refractivity contribution in [2.24, 2.45) is 0 Å². The van der Waals surface area contributed by atoms with E-state index in [1.165, 1.54) is 23.5 Å². The van der Waals surface area contributed by atoms with E-state index >= 15 is 0 Å². The molecule has 0 unspecified atom stereocenters. The van der Waals surface area contributed by atoms with Crippen molar-refractivity contribution >= 4 is 11.8 Å². The van der Waals surface area contributed by atoms with Crippen molar-refractivity contribution in [3.05, 3.63) is 24.5 Å². The lowest BCUT2D eigenvalue weighted by atomic mass is 10.3. The number of unbranched alkanes of at least 4 members (excludes halogenated alkanes) is 1. The number of hydrogen-bond acceptors (Lipinski definition) is 3. The van der Waals surface area contributed by atoms with Gasteiger partial charge in [0, 0.05) is 17.3 Å². The minimum atomic E-state index is 1.12. The lowest BCUT2D eigenvalue weighted by Crippen LogP contribution is -2.07. The Bertz CT molecular complexity index is 213. The van der Waals surface area contributed by atoms with Crippen molar-refractivity contribution in [1.82, 2.24) is 10.3 Å². The molecule has 0 aliphatic heterocycles. The molecule has 1 N–H and O–H groups in total. The molecule has 1 rings (SSSR count). The van der Waals surface area contributed by atoms with Crippen molar-refractivity contribution in [3.8, 4) is 0 Å². The number of thioether (sulfide) groups is 1. The average Bonchev–Trinajstić information content (AvgIpc) is 2.19. The molecular formula is C10H16N2S. The van der Waals surface area contributed by atoms with Gasteiger partial charge in [0.15, 0.2) is 0 Å². The molecule has 0 amide bonds. The Morgan fingerprint density at radius 3 is 2.77 bits per heavy atom. The van der Waals surface area contributed by atoms with E-state index in [4.69, 9.17) is 0 Å². The summed E-state index contributed by atoms with van der Waals surface area (Å²) in [6, 6.07) is 4.12. The number of nitrogens with zero attached hydrogens (tertiary/aromatic N) is 1. The molecule has 0 saturated carbocycles. The maximum atomic E-state index is 3.98. The van der Waals surface area contributed by atoms with Gasteiger partial charge in [-0.15, -0.1) is 11.8 Å². The predicted octanol–water partition coefficient (Wildman–Crippen LogP) is 2.17. The fraction of sp³-hybridized carbons (Fsp3) is 0.500. The first-order valence-electron chi connectivity index (χ1n) is 4.61. The number of nitrogens with one attached hydrogen (secondary N) is 1. The van der Waals surface area contributed by atoms with Gasteiger partial charge in [-0.1, -0.05) is 0 Å². The SMILES string of the molecule is CNCCCCSc1ccncc1. The minimum absolute atomic E-state index is 1.12. The second-order valence-electron chi connectivity index (χ2n) is 2.84. The second-order valence-corrected chi connectivity index (χ2v) is 4.01. The van der Waals surface area contributed by atoms with Gasteiger partial charge in [-0.3, -0.25) is 4.98 Å². The zero-order valence-electron chi connectivity index (χ0n) is 7.99. The molecular weight excluding hydrogens is 180 g/mol. The van der Waals surface area contributed by atoms with E-state index in [9.17, 15) is 0 Å². The molecule has 72 valence electrons. The highest BCUT2D eigenvalue weighted by atomic mass is 32.2. The smallest absolute Gasteiger partial charge is 0.0278 e. The van der Waals surface area contributed by atoms with E-state index in [0.717, 1.165) is 6.54 Å². The van der Waals surface area contributed by atoms with Crippen molar-refractivity contribution < 1.29 is 0 Å². The lowest BCUT2D eigenvalue weighted by Gasteiger charge is -2.00. The van der Waals surface area contributed by atoms with E-state index < -0.39 is 0 Å². The second kappa shape index (κ2) is 6.92. The summed E-state index contributed by atoms with van der Waals surface area (Å²) < 4.78 is 0. The Labute approximate surface area is 84.1 Å². The van der Waals surface area contributed by atoms with Crippen LogP contribution in [0.2, 0.25) is 0 Å². The molecule has 0 saturated heterocycles. The molecule has 13 heavy (non-hydrogen) atoms. The standard InChI is InChI=1S/C10H16N2S/c1-11-6-2-3-9-13-10-4-7-12-8-5-10/h4-5,7-8,11H,2-3,6,9H2,1H3. The van der Waals surface area contributed by atoms with Gasteiger partial charge in [0.2, 0.25) is 0 Å². The van der Waals surface area contributed by atoms with Crippen LogP contribution in [0.15, 0.2) is 29.4 Å². The van der Waals surface area contributed by atoms with E-state index in [1.807, 2.05) is 31.2 Å². The van der Waals surface area contributed by atoms with Gasteiger partial charge >= 0.3 is 0 Å². The van der Waals surface area contributed by atoms with Crippen molar-refractivity contribution in [3.63, 3.8) is 0 Å². The first-order valence-corrected chi connectivity index (χ1v) is 5.59. The summed E-state index contributed by atoms with van der Waals surface area (Å²) in [7, 11) is 2.00. The fourth-order valence-corrected chi connectivity index (χ4v) is 1.93. The van der Waals surface area contributed by atoms with Gasteiger partial charge in [-0.2, -0.15) is 0 Å². The van der Waals surface area contributed by atoms with Crippen molar-refractivity contribution in [2.75, 3.05) is 19.3 Å². The highest BCUT2D eigenvalue weighted by Gasteiger charge is 1.92. The molecule has 0 aliphatic rings. The van der Waals surface area contributed by atoms with Crippen molar-refractivity contribution in [1.29, 1.82) is 0 Å². The topological polar surface area (TPSA) is 24.9 Å². The van der Waals surface area contributed by atoms with Gasteiger partial charge in [-0.05, 0) is 44.3 Å². The lowest BCUT2D eigenvalue weighted by molar-refractivity contribution is 0.715. The van der Waals surface area contributed by atoms with E-state index in [1.54, 1.807) is 0 Å². The Morgan fingerprint density at radius 2 is 2.08 bits per heavy atom. The molecule has 1 aromatic heterocycles. The van der Waals surface area contributed by atoms with Gasteiger partial charge in [-0.25, -0.2) is 0 Å². The van der Waals surface area contributed by atoms with Crippen LogP contribution in [0.4, 0.5) is 0 Å². The summed E-state index contributed by atoms with van der Waals surface area (Å²) in [4.78, 5) is 5.30. The first-order chi connectivity index (χ1) is 6.43. The Kier molecular flexibility index (Phi) is 5.61. The van der Waals surface area contributed by atoms with Crippen LogP contribution in [0.5, 0.6) is 0 Å². The minimum Gasteiger partial charge on any atom is -0.320 e. The molecule has 0 radical (unpaired) electrons. The highest BCUT2D eigenvalue weighted by molar-refractivity contribution is 7.99. The fourth-order valence-electron chi connectivity index (χ4n) is 1.03. The summed E-state index contributed by atoms with van der Waals surface area (Å²) in [5, 5.41) is 3.15. The van der Waals surface area contributed by atoms with Gasteiger partial charge in [0.25, 0.3) is 0 Å². The number of rotatable bonds is 6. The summed E-state index contributed by atoms with van der Waals surface area (Å²) in [5.74, 6) is 1.20. The van der Waals surface area contributed by atoms with Crippen LogP contribution in [0.25, 0.3) is 0 Å². The Balaban J connectivity index is 2.07.